The Morgan fingerprint density at radius 3 is 2.66 bits per heavy atom. The molecule has 3 aromatic rings. The molecule has 1 fully saturated rings. The van der Waals surface area contributed by atoms with Gasteiger partial charge in [0.1, 0.15) is 11.9 Å². The number of hydrogen-bond acceptors (Lipinski definition) is 6. The molecular formula is C27H37F3N2O6. The number of ether oxygens (including phenoxy) is 3. The molecule has 2 heterocycles. The molecule has 0 unspecified atom stereocenters. The van der Waals surface area contributed by atoms with Gasteiger partial charge in [0, 0.05) is 40.4 Å². The highest BCUT2D eigenvalue weighted by Gasteiger charge is 2.53. The Kier molecular flexibility index (Phi) is 6.57. The van der Waals surface area contributed by atoms with Crippen LogP contribution in [-0.4, -0.2) is 53.3 Å². The summed E-state index contributed by atoms with van der Waals surface area (Å²) in [6, 6.07) is 9.03. The number of benzene rings is 2. The number of carbonyl (C=O) groups excluding carboxylic acids is 1. The highest BCUT2D eigenvalue weighted by Crippen LogP contribution is 2.52. The number of carbonyl (C=O) groups is 1. The molecule has 5 rings (SSSR count). The van der Waals surface area contributed by atoms with Gasteiger partial charge in [0.15, 0.2) is 11.5 Å². The first-order valence-electron chi connectivity index (χ1n) is 12.3. The van der Waals surface area contributed by atoms with Crippen molar-refractivity contribution in [2.45, 2.75) is 56.3 Å². The van der Waals surface area contributed by atoms with Crippen molar-refractivity contribution in [1.29, 1.82) is 0 Å². The standard InChI is InChI=1S/C27H29F3N2O6.4H2/c1-25(2,7-8-36-14-17(34)13-33)23-10-15-9-20(18(28)12-19(15)31-23)32-24(35)26(5-6-26)16-3-4-21-22(11-16)38-27(29,30)37-21;;;;/h3-4,9-12,17,31,33-34H,5-8,13-14H2,1-2H3,(H,32,35);4*1H/t17-;;;;/m0..../s1. The summed E-state index contributed by atoms with van der Waals surface area (Å²) >= 11 is 0. The second-order valence-corrected chi connectivity index (χ2v) is 10.5. The third kappa shape index (κ3) is 5.05. The smallest absolute Gasteiger partial charge is 0.395 e. The molecule has 0 saturated heterocycles. The minimum Gasteiger partial charge on any atom is -0.395 e. The average molecular weight is 543 g/mol. The number of rotatable bonds is 10. The molecule has 1 amide bonds. The van der Waals surface area contributed by atoms with Crippen LogP contribution in [-0.2, 0) is 20.4 Å². The van der Waals surface area contributed by atoms with E-state index in [9.17, 15) is 18.7 Å². The first-order valence-corrected chi connectivity index (χ1v) is 12.3. The number of aliphatic hydroxyl groups excluding tert-OH is 2. The molecule has 212 valence electrons. The van der Waals surface area contributed by atoms with E-state index in [0.29, 0.717) is 42.3 Å². The van der Waals surface area contributed by atoms with Crippen molar-refractivity contribution in [3.8, 4) is 11.5 Å². The second-order valence-electron chi connectivity index (χ2n) is 10.5. The van der Waals surface area contributed by atoms with Gasteiger partial charge in [-0.25, -0.2) is 4.39 Å². The normalized spacial score (nSPS) is 18.0. The van der Waals surface area contributed by atoms with Crippen LogP contribution in [0.5, 0.6) is 11.5 Å². The zero-order chi connectivity index (χ0) is 27.3. The highest BCUT2D eigenvalue weighted by atomic mass is 19.3. The summed E-state index contributed by atoms with van der Waals surface area (Å²) in [5.41, 5.74) is 0.598. The van der Waals surface area contributed by atoms with Crippen molar-refractivity contribution in [1.82, 2.24) is 4.98 Å². The quantitative estimate of drug-likeness (QED) is 0.258. The molecule has 0 radical (unpaired) electrons. The summed E-state index contributed by atoms with van der Waals surface area (Å²) in [7, 11) is 0. The van der Waals surface area contributed by atoms with Crippen LogP contribution in [0.25, 0.3) is 10.9 Å². The van der Waals surface area contributed by atoms with Crippen LogP contribution in [0.15, 0.2) is 36.4 Å². The van der Waals surface area contributed by atoms with Gasteiger partial charge in [0.2, 0.25) is 5.91 Å². The Morgan fingerprint density at radius 1 is 1.21 bits per heavy atom. The largest absolute Gasteiger partial charge is 0.586 e. The lowest BCUT2D eigenvalue weighted by atomic mass is 9.86. The van der Waals surface area contributed by atoms with E-state index >= 15 is 4.39 Å². The fourth-order valence-electron chi connectivity index (χ4n) is 4.61. The van der Waals surface area contributed by atoms with Crippen LogP contribution in [0.2, 0.25) is 0 Å². The van der Waals surface area contributed by atoms with Gasteiger partial charge in [-0.15, -0.1) is 8.78 Å². The predicted molar refractivity (Wildman–Crippen MR) is 140 cm³/mol. The molecule has 0 bridgehead atoms. The number of alkyl halides is 2. The zero-order valence-corrected chi connectivity index (χ0v) is 20.9. The average Bonchev–Trinajstić information content (AvgIpc) is 3.47. The van der Waals surface area contributed by atoms with Crippen molar-refractivity contribution in [2.75, 3.05) is 25.1 Å². The summed E-state index contributed by atoms with van der Waals surface area (Å²) in [5, 5.41) is 21.7. The summed E-state index contributed by atoms with van der Waals surface area (Å²) in [4.78, 5) is 16.5. The second kappa shape index (κ2) is 9.48. The van der Waals surface area contributed by atoms with Gasteiger partial charge in [-0.1, -0.05) is 19.9 Å². The van der Waals surface area contributed by atoms with Crippen LogP contribution >= 0.6 is 0 Å². The van der Waals surface area contributed by atoms with E-state index in [4.69, 9.17) is 9.84 Å². The number of H-pyrrole nitrogens is 1. The van der Waals surface area contributed by atoms with Crippen LogP contribution < -0.4 is 14.8 Å². The fourth-order valence-corrected chi connectivity index (χ4v) is 4.61. The van der Waals surface area contributed by atoms with Gasteiger partial charge in [0.05, 0.1) is 24.3 Å². The van der Waals surface area contributed by atoms with Crippen molar-refractivity contribution >= 4 is 22.5 Å². The molecule has 1 aliphatic heterocycles. The van der Waals surface area contributed by atoms with Crippen molar-refractivity contribution < 1.29 is 48.1 Å². The topological polar surface area (TPSA) is 113 Å². The van der Waals surface area contributed by atoms with Crippen molar-refractivity contribution in [3.63, 3.8) is 0 Å². The first kappa shape index (κ1) is 26.3. The Bertz CT molecular complexity index is 1390. The lowest BCUT2D eigenvalue weighted by Gasteiger charge is -2.23. The Morgan fingerprint density at radius 2 is 1.95 bits per heavy atom. The summed E-state index contributed by atoms with van der Waals surface area (Å²) < 4.78 is 56.2. The first-order chi connectivity index (χ1) is 17.9. The van der Waals surface area contributed by atoms with Gasteiger partial charge in [0.25, 0.3) is 0 Å². The van der Waals surface area contributed by atoms with Crippen LogP contribution in [0.1, 0.15) is 50.1 Å². The highest BCUT2D eigenvalue weighted by molar-refractivity contribution is 6.02. The number of amides is 1. The number of aromatic amines is 1. The minimum absolute atomic E-state index is 0. The van der Waals surface area contributed by atoms with E-state index in [1.165, 1.54) is 18.2 Å². The third-order valence-corrected chi connectivity index (χ3v) is 7.22. The number of hydrogen-bond donors (Lipinski definition) is 4. The van der Waals surface area contributed by atoms with E-state index in [1.807, 2.05) is 19.9 Å². The number of aromatic nitrogens is 1. The van der Waals surface area contributed by atoms with Gasteiger partial charge in [-0.3, -0.25) is 4.79 Å². The number of anilines is 1. The van der Waals surface area contributed by atoms with Crippen LogP contribution in [0.4, 0.5) is 18.9 Å². The Labute approximate surface area is 222 Å². The van der Waals surface area contributed by atoms with E-state index < -0.39 is 29.5 Å². The van der Waals surface area contributed by atoms with Gasteiger partial charge in [-0.05, 0) is 49.1 Å². The molecule has 1 atom stereocenters. The van der Waals surface area contributed by atoms with Crippen molar-refractivity contribution in [3.05, 3.63) is 53.5 Å². The molecule has 1 aliphatic carbocycles. The molecular weight excluding hydrogens is 505 g/mol. The van der Waals surface area contributed by atoms with E-state index in [1.54, 1.807) is 12.1 Å². The van der Waals surface area contributed by atoms with Gasteiger partial charge >= 0.3 is 6.29 Å². The van der Waals surface area contributed by atoms with E-state index in [-0.39, 0.29) is 41.5 Å². The fraction of sp³-hybridized carbons (Fsp3) is 0.444. The molecule has 1 aromatic heterocycles. The summed E-state index contributed by atoms with van der Waals surface area (Å²) in [6.45, 7) is 4.02. The number of aliphatic hydroxyl groups is 2. The van der Waals surface area contributed by atoms with Crippen LogP contribution in [0, 0.1) is 5.82 Å². The lowest BCUT2D eigenvalue weighted by Crippen LogP contribution is -2.28. The van der Waals surface area contributed by atoms with Gasteiger partial charge < -0.3 is 34.7 Å². The maximum absolute atomic E-state index is 15.0. The van der Waals surface area contributed by atoms with Crippen LogP contribution in [0.3, 0.4) is 0 Å². The van der Waals surface area contributed by atoms with E-state index in [2.05, 4.69) is 19.8 Å². The monoisotopic (exact) mass is 542 g/mol. The molecule has 38 heavy (non-hydrogen) atoms. The molecule has 4 N–H and O–H groups in total. The minimum atomic E-state index is -3.75. The maximum Gasteiger partial charge on any atom is 0.586 e. The Hall–Kier alpha value is -3.28. The molecule has 8 nitrogen and oxygen atoms in total. The molecule has 0 spiro atoms. The summed E-state index contributed by atoms with van der Waals surface area (Å²) in [5.74, 6) is -1.29. The maximum atomic E-state index is 15.0. The lowest BCUT2D eigenvalue weighted by molar-refractivity contribution is -0.286. The number of nitrogens with one attached hydrogen (secondary N) is 2. The predicted octanol–water partition coefficient (Wildman–Crippen LogP) is 5.32. The third-order valence-electron chi connectivity index (χ3n) is 7.22. The van der Waals surface area contributed by atoms with E-state index in [0.717, 1.165) is 5.69 Å². The SMILES string of the molecule is CC(C)(CCOC[C@@H](O)CO)c1cc2cc(NC(=O)C3(c4ccc5c(c4)OC(F)(F)O5)CC3)c(F)cc2[nH]1.[HH].[HH].[HH].[HH]. The number of halogens is 3. The van der Waals surface area contributed by atoms with Gasteiger partial charge in [-0.2, -0.15) is 0 Å². The Balaban J connectivity index is 0.00000220. The molecule has 11 heteroatoms. The van der Waals surface area contributed by atoms with Crippen molar-refractivity contribution in [2.24, 2.45) is 0 Å². The molecule has 1 saturated carbocycles. The number of fused-ring (bicyclic) bond motifs is 2. The molecule has 2 aromatic carbocycles. The molecule has 2 aliphatic rings. The summed E-state index contributed by atoms with van der Waals surface area (Å²) in [6.07, 6.45) is -3.10. The zero-order valence-electron chi connectivity index (χ0n) is 20.9.